The van der Waals surface area contributed by atoms with E-state index in [1.807, 2.05) is 139 Å². The molecule has 0 saturated carbocycles. The van der Waals surface area contributed by atoms with E-state index in [-0.39, 0.29) is 61.5 Å². The van der Waals surface area contributed by atoms with Crippen molar-refractivity contribution in [3.63, 3.8) is 0 Å². The van der Waals surface area contributed by atoms with Gasteiger partial charge in [0.05, 0.1) is 25.3 Å². The van der Waals surface area contributed by atoms with Crippen molar-refractivity contribution in [3.8, 4) is 0 Å². The lowest BCUT2D eigenvalue weighted by Crippen LogP contribution is -2.56. The fourth-order valence-corrected chi connectivity index (χ4v) is 18.2. The highest BCUT2D eigenvalue weighted by atomic mass is 16.3. The number of piperazine rings is 2. The molecule has 3 amide bonds. The number of benzene rings is 4. The maximum atomic E-state index is 13.9. The number of aliphatic hydroxyl groups excluding tert-OH is 3. The van der Waals surface area contributed by atoms with E-state index in [0.717, 1.165) is 197 Å². The molecule has 6 N–H and O–H groups in total. The third-order valence-electron chi connectivity index (χ3n) is 24.2. The van der Waals surface area contributed by atoms with Crippen molar-refractivity contribution in [2.75, 3.05) is 152 Å². The molecule has 0 bridgehead atoms. The molecule has 6 aliphatic heterocycles. The highest BCUT2D eigenvalue weighted by Gasteiger charge is 2.38. The van der Waals surface area contributed by atoms with Crippen molar-refractivity contribution in [1.29, 1.82) is 0 Å². The summed E-state index contributed by atoms with van der Waals surface area (Å²) < 4.78 is 0. The SMILES string of the molecule is Cc1cc(C)c(C(=O)N2CCC(c3ccccn3)[C@H](CO)C2)c(C)c1NC1CCN(c2ccccn2)CC1.Cc1cc(C)c(C(=O)N2CCN(c3ccccc3)[C@H](CO)C2)c(C)c1NC1CCN(c2cccnn2)CC1.Cc1cc(C)c(C(=O)N2CCN(c3ccccn3)[C@H](CO)C2)c(C)c1NC1CCN(c2ccccn2)CC1. The quantitative estimate of drug-likeness (QED) is 0.0467. The molecule has 15 rings (SSSR count). The van der Waals surface area contributed by atoms with Crippen molar-refractivity contribution in [2.24, 2.45) is 5.92 Å². The van der Waals surface area contributed by atoms with Crippen LogP contribution in [0.1, 0.15) is 138 Å². The molecule has 11 heterocycles. The number of carbonyl (C=O) groups is 3. The van der Waals surface area contributed by atoms with E-state index in [0.29, 0.717) is 70.5 Å². The summed E-state index contributed by atoms with van der Waals surface area (Å²) in [5.41, 5.74) is 17.2. The molecule has 6 fully saturated rings. The Labute approximate surface area is 672 Å². The number of pyridine rings is 4. The predicted octanol–water partition coefficient (Wildman–Crippen LogP) is 12.3. The molecule has 23 heteroatoms. The van der Waals surface area contributed by atoms with Gasteiger partial charge in [0.25, 0.3) is 17.7 Å². The van der Waals surface area contributed by atoms with Crippen LogP contribution in [0.15, 0.2) is 164 Å². The van der Waals surface area contributed by atoms with Gasteiger partial charge in [-0.3, -0.25) is 19.4 Å². The molecule has 0 spiro atoms. The van der Waals surface area contributed by atoms with E-state index in [4.69, 9.17) is 0 Å². The van der Waals surface area contributed by atoms with Gasteiger partial charge >= 0.3 is 0 Å². The summed E-state index contributed by atoms with van der Waals surface area (Å²) in [5.74, 6) is 4.12. The average Bonchev–Trinajstić information content (AvgIpc) is 0.785. The summed E-state index contributed by atoms with van der Waals surface area (Å²) >= 11 is 0. The lowest BCUT2D eigenvalue weighted by molar-refractivity contribution is 0.0572. The van der Waals surface area contributed by atoms with Crippen LogP contribution >= 0.6 is 0 Å². The number of para-hydroxylation sites is 1. The smallest absolute Gasteiger partial charge is 0.254 e. The molecule has 9 aromatic rings. The van der Waals surface area contributed by atoms with Gasteiger partial charge < -0.3 is 70.5 Å². The van der Waals surface area contributed by atoms with Crippen LogP contribution in [0.2, 0.25) is 0 Å². The van der Waals surface area contributed by atoms with Crippen molar-refractivity contribution < 1.29 is 29.7 Å². The number of hydrogen-bond donors (Lipinski definition) is 6. The molecule has 1 unspecified atom stereocenters. The number of aliphatic hydroxyl groups is 3. The van der Waals surface area contributed by atoms with E-state index in [1.165, 1.54) is 5.56 Å². The maximum Gasteiger partial charge on any atom is 0.254 e. The number of rotatable bonds is 18. The normalized spacial score (nSPS) is 19.2. The van der Waals surface area contributed by atoms with Crippen LogP contribution in [-0.4, -0.2) is 220 Å². The largest absolute Gasteiger partial charge is 0.396 e. The Bertz CT molecular complexity index is 4200. The second-order valence-electron chi connectivity index (χ2n) is 31.8. The molecule has 600 valence electrons. The zero-order valence-electron chi connectivity index (χ0n) is 67.9. The zero-order valence-corrected chi connectivity index (χ0v) is 67.9. The molecule has 6 aliphatic rings. The summed E-state index contributed by atoms with van der Waals surface area (Å²) in [6.45, 7) is 29.0. The Kier molecular flexibility index (Phi) is 27.0. The summed E-state index contributed by atoms with van der Waals surface area (Å²) in [6.07, 6.45) is 15.8. The number of nitrogens with one attached hydrogen (secondary N) is 3. The summed E-state index contributed by atoms with van der Waals surface area (Å²) in [4.78, 5) is 76.6. The minimum Gasteiger partial charge on any atom is -0.396 e. The highest BCUT2D eigenvalue weighted by molar-refractivity contribution is 6.01. The van der Waals surface area contributed by atoms with Gasteiger partial charge in [0.2, 0.25) is 0 Å². The first-order valence-corrected chi connectivity index (χ1v) is 41.0. The summed E-state index contributed by atoms with van der Waals surface area (Å²) in [7, 11) is 0. The monoisotopic (exact) mass is 1540 g/mol. The van der Waals surface area contributed by atoms with Crippen LogP contribution in [0.4, 0.5) is 46.0 Å². The molecule has 6 saturated heterocycles. The van der Waals surface area contributed by atoms with Crippen LogP contribution < -0.4 is 40.4 Å². The van der Waals surface area contributed by atoms with Gasteiger partial charge in [-0.25, -0.2) is 15.0 Å². The van der Waals surface area contributed by atoms with Crippen molar-refractivity contribution in [3.05, 3.63) is 237 Å². The number of anilines is 8. The minimum atomic E-state index is -0.185. The lowest BCUT2D eigenvalue weighted by Gasteiger charge is -2.42. The van der Waals surface area contributed by atoms with E-state index in [1.54, 1.807) is 18.6 Å². The van der Waals surface area contributed by atoms with Gasteiger partial charge in [-0.15, -0.1) is 5.10 Å². The third-order valence-corrected chi connectivity index (χ3v) is 24.2. The predicted molar refractivity (Wildman–Crippen MR) is 456 cm³/mol. The van der Waals surface area contributed by atoms with Crippen LogP contribution in [0.25, 0.3) is 0 Å². The minimum absolute atomic E-state index is 0.00457. The van der Waals surface area contributed by atoms with Crippen molar-refractivity contribution in [1.82, 2.24) is 44.8 Å². The number of nitrogens with zero attached hydrogens (tertiary/aromatic N) is 14. The van der Waals surface area contributed by atoms with E-state index in [2.05, 4.69) is 155 Å². The lowest BCUT2D eigenvalue weighted by atomic mass is 9.82. The molecule has 5 aromatic heterocycles. The topological polar surface area (TPSA) is 251 Å². The first kappa shape index (κ1) is 81.3. The maximum absolute atomic E-state index is 13.9. The van der Waals surface area contributed by atoms with Gasteiger partial charge in [0.15, 0.2) is 5.82 Å². The number of aryl methyl sites for hydroxylation is 6. The Hall–Kier alpha value is -10.8. The molecule has 4 atom stereocenters. The van der Waals surface area contributed by atoms with Crippen molar-refractivity contribution in [2.45, 2.75) is 143 Å². The van der Waals surface area contributed by atoms with Crippen LogP contribution in [0.5, 0.6) is 0 Å². The Balaban J connectivity index is 0.000000149. The standard InChI is InChI=1S/C31H39N5O2.2C30H38N6O2/c1-21-18-22(2)30(34-25-10-15-35(16-11-25)28-9-5-7-14-33-28)23(3)29(21)31(38)36-17-12-26(24(19-36)20-37)27-8-4-6-13-32-27;1-21-18-22(2)29(33-24-10-14-34(15-11-24)26-8-4-6-12-31-26)23(3)28(21)30(38)35-16-17-36(25(19-35)20-37)27-9-5-7-13-32-27;1-21-18-22(2)29(32-24-11-14-34(15-12-24)27-10-7-13-31-33-27)23(3)28(21)30(38)35-16-17-36(26(19-35)20-37)25-8-5-4-6-9-25/h4-9,13-14,18,24-26,34,37H,10-12,15-17,19-20H2,1-3H3;4-9,12-13,18,24-25,33,37H,10-11,14-17,19-20H2,1-3H3;4-10,13,18,24,26,32,37H,11-12,14-17,19-20H2,1-3H3/t24-,26?;25-;26-/m000/s1. The molecular formula is C91H115N17O6. The van der Waals surface area contributed by atoms with Crippen LogP contribution in [0.3, 0.4) is 0 Å². The molecular weight excluding hydrogens is 1430 g/mol. The van der Waals surface area contributed by atoms with Crippen molar-refractivity contribution >= 4 is 63.7 Å². The number of likely N-dealkylation sites (tertiary alicyclic amines) is 1. The number of amides is 3. The molecule has 114 heavy (non-hydrogen) atoms. The second kappa shape index (κ2) is 37.9. The van der Waals surface area contributed by atoms with Crippen LogP contribution in [-0.2, 0) is 0 Å². The number of aromatic nitrogens is 6. The number of carbonyl (C=O) groups excluding carboxylic acids is 3. The molecule has 23 nitrogen and oxygen atoms in total. The first-order valence-electron chi connectivity index (χ1n) is 41.0. The van der Waals surface area contributed by atoms with Gasteiger partial charge in [0, 0.05) is 204 Å². The summed E-state index contributed by atoms with van der Waals surface area (Å²) in [5, 5.41) is 50.1. The Morgan fingerprint density at radius 3 is 1.15 bits per heavy atom. The number of piperidine rings is 4. The Morgan fingerprint density at radius 1 is 0.368 bits per heavy atom. The van der Waals surface area contributed by atoms with E-state index in [9.17, 15) is 29.7 Å². The Morgan fingerprint density at radius 2 is 0.754 bits per heavy atom. The zero-order chi connectivity index (χ0) is 79.9. The summed E-state index contributed by atoms with van der Waals surface area (Å²) in [6, 6.07) is 45.0. The average molecular weight is 1540 g/mol. The molecule has 4 aromatic carbocycles. The third kappa shape index (κ3) is 18.9. The molecule has 0 aliphatic carbocycles. The highest BCUT2D eigenvalue weighted by Crippen LogP contribution is 2.38. The van der Waals surface area contributed by atoms with E-state index >= 15 is 0 Å². The number of hydrogen-bond acceptors (Lipinski definition) is 20. The van der Waals surface area contributed by atoms with Gasteiger partial charge in [-0.1, -0.05) is 60.7 Å². The molecule has 0 radical (unpaired) electrons. The fraction of sp³-hybridized carbons (Fsp3) is 0.440. The van der Waals surface area contributed by atoms with Gasteiger partial charge in [-0.2, -0.15) is 5.10 Å². The van der Waals surface area contributed by atoms with E-state index < -0.39 is 0 Å². The fourth-order valence-electron chi connectivity index (χ4n) is 18.2. The van der Waals surface area contributed by atoms with Crippen LogP contribution in [0, 0.1) is 68.2 Å². The van der Waals surface area contributed by atoms with Gasteiger partial charge in [-0.05, 0) is 230 Å². The van der Waals surface area contributed by atoms with Gasteiger partial charge in [0.1, 0.15) is 17.5 Å². The second-order valence-corrected chi connectivity index (χ2v) is 31.8. The first-order chi connectivity index (χ1) is 55.4.